The number of piperazine rings is 1. The van der Waals surface area contributed by atoms with Gasteiger partial charge < -0.3 is 15.0 Å². The number of amides is 1. The number of hydrogen-bond acceptors (Lipinski definition) is 4. The summed E-state index contributed by atoms with van der Waals surface area (Å²) < 4.78 is 5.74. The monoisotopic (exact) mass is 469 g/mol. The second-order valence-electron chi connectivity index (χ2n) is 9.39. The second-order valence-corrected chi connectivity index (χ2v) is 9.39. The Bertz CT molecular complexity index is 1110. The van der Waals surface area contributed by atoms with E-state index in [1.54, 1.807) is 0 Å². The molecule has 1 saturated heterocycles. The Morgan fingerprint density at radius 1 is 0.914 bits per heavy atom. The fourth-order valence-corrected chi connectivity index (χ4v) is 4.14. The number of carbonyl (C=O) groups is 1. The summed E-state index contributed by atoms with van der Waals surface area (Å²) in [6, 6.07) is 25.8. The molecule has 3 aromatic rings. The highest BCUT2D eigenvalue weighted by Gasteiger charge is 2.15. The number of nitrogens with zero attached hydrogens (tertiary/aromatic N) is 2. The van der Waals surface area contributed by atoms with Crippen molar-refractivity contribution in [3.63, 3.8) is 0 Å². The van der Waals surface area contributed by atoms with Crippen molar-refractivity contribution in [3.05, 3.63) is 95.6 Å². The molecule has 5 heteroatoms. The summed E-state index contributed by atoms with van der Waals surface area (Å²) in [5.41, 5.74) is 4.48. The maximum Gasteiger partial charge on any atom is 0.256 e. The normalized spacial score (nSPS) is 15.3. The van der Waals surface area contributed by atoms with Crippen LogP contribution in [0.1, 0.15) is 30.5 Å². The minimum atomic E-state index is -0.134. The van der Waals surface area contributed by atoms with Crippen LogP contribution in [0.15, 0.2) is 78.9 Å². The third kappa shape index (κ3) is 7.28. The molecule has 4 rings (SSSR count). The quantitative estimate of drug-likeness (QED) is 0.354. The van der Waals surface area contributed by atoms with Crippen LogP contribution in [0.4, 0.5) is 5.69 Å². The second kappa shape index (κ2) is 11.8. The number of carbonyl (C=O) groups excluding carboxylic acids is 1. The Kier molecular flexibility index (Phi) is 8.35. The number of likely N-dealkylation sites (N-methyl/N-ethyl adjacent to an activating group) is 1. The number of benzene rings is 3. The fraction of sp³-hybridized carbons (Fsp3) is 0.300. The van der Waals surface area contributed by atoms with Crippen molar-refractivity contribution in [3.8, 4) is 5.75 Å². The summed E-state index contributed by atoms with van der Waals surface area (Å²) in [6.07, 6.45) is 2.04. The summed E-state index contributed by atoms with van der Waals surface area (Å²) in [5, 5.41) is 3.08. The van der Waals surface area contributed by atoms with E-state index >= 15 is 0 Å². The summed E-state index contributed by atoms with van der Waals surface area (Å²) in [7, 11) is 2.17. The van der Waals surface area contributed by atoms with Gasteiger partial charge in [-0.15, -0.1) is 0 Å². The highest BCUT2D eigenvalue weighted by molar-refractivity contribution is 6.29. The summed E-state index contributed by atoms with van der Waals surface area (Å²) >= 11 is 0. The van der Waals surface area contributed by atoms with E-state index in [1.807, 2.05) is 86.7 Å². The van der Waals surface area contributed by atoms with Crippen LogP contribution in [0.3, 0.4) is 0 Å². The lowest BCUT2D eigenvalue weighted by atomic mass is 10.0. The van der Waals surface area contributed by atoms with Crippen molar-refractivity contribution in [1.82, 2.24) is 9.80 Å². The van der Waals surface area contributed by atoms with Crippen molar-refractivity contribution in [2.24, 2.45) is 0 Å². The first-order chi connectivity index (χ1) is 17.0. The number of nitrogens with one attached hydrogen (secondary N) is 1. The lowest BCUT2D eigenvalue weighted by molar-refractivity contribution is -0.111. The molecular formula is C30H35N3O2. The third-order valence-corrected chi connectivity index (χ3v) is 6.11. The molecule has 5 nitrogen and oxygen atoms in total. The van der Waals surface area contributed by atoms with Gasteiger partial charge in [-0.2, -0.15) is 0 Å². The molecule has 0 radical (unpaired) electrons. The van der Waals surface area contributed by atoms with Crippen LogP contribution in [-0.4, -0.2) is 55.0 Å². The highest BCUT2D eigenvalue weighted by Crippen LogP contribution is 2.23. The van der Waals surface area contributed by atoms with E-state index in [-0.39, 0.29) is 12.0 Å². The third-order valence-electron chi connectivity index (χ3n) is 6.11. The number of hydrogen-bond donors (Lipinski definition) is 1. The zero-order chi connectivity index (χ0) is 24.6. The standard InChI is InChI=1S/C30H35N3O2/c1-23(2)35-28-15-11-24(12-16-28)21-29(26-7-5-4-6-8-26)30(34)31-27-13-9-25(10-14-27)22-33-19-17-32(3)18-20-33/h4-16,21,23H,17-20,22H2,1-3H3,(H,31,34)/b29-21+. The maximum absolute atomic E-state index is 13.3. The predicted molar refractivity (Wildman–Crippen MR) is 144 cm³/mol. The molecule has 0 spiro atoms. The number of anilines is 1. The molecule has 1 heterocycles. The molecule has 1 aliphatic rings. The molecule has 0 atom stereocenters. The highest BCUT2D eigenvalue weighted by atomic mass is 16.5. The van der Waals surface area contributed by atoms with Gasteiger partial charge >= 0.3 is 0 Å². The van der Waals surface area contributed by atoms with Gasteiger partial charge in [-0.3, -0.25) is 9.69 Å². The van der Waals surface area contributed by atoms with Gasteiger partial charge in [0, 0.05) is 44.0 Å². The molecule has 1 N–H and O–H groups in total. The minimum Gasteiger partial charge on any atom is -0.491 e. The van der Waals surface area contributed by atoms with Crippen molar-refractivity contribution in [2.45, 2.75) is 26.5 Å². The summed E-state index contributed by atoms with van der Waals surface area (Å²) in [4.78, 5) is 18.2. The predicted octanol–water partition coefficient (Wildman–Crippen LogP) is 5.40. The van der Waals surface area contributed by atoms with Gasteiger partial charge in [-0.05, 0) is 67.9 Å². The Morgan fingerprint density at radius 2 is 1.57 bits per heavy atom. The maximum atomic E-state index is 13.3. The zero-order valence-corrected chi connectivity index (χ0v) is 20.9. The molecule has 35 heavy (non-hydrogen) atoms. The molecule has 0 aliphatic carbocycles. The van der Waals surface area contributed by atoms with Crippen LogP contribution in [0.25, 0.3) is 11.6 Å². The van der Waals surface area contributed by atoms with Gasteiger partial charge in [-0.1, -0.05) is 54.6 Å². The van der Waals surface area contributed by atoms with Crippen molar-refractivity contribution in [1.29, 1.82) is 0 Å². The van der Waals surface area contributed by atoms with Crippen LogP contribution in [0.5, 0.6) is 5.75 Å². The topological polar surface area (TPSA) is 44.8 Å². The van der Waals surface area contributed by atoms with Crippen LogP contribution < -0.4 is 10.1 Å². The first-order valence-electron chi connectivity index (χ1n) is 12.3. The molecule has 1 fully saturated rings. The van der Waals surface area contributed by atoms with Gasteiger partial charge in [0.1, 0.15) is 5.75 Å². The van der Waals surface area contributed by atoms with Crippen LogP contribution in [0, 0.1) is 0 Å². The molecule has 182 valence electrons. The van der Waals surface area contributed by atoms with E-state index in [0.717, 1.165) is 55.3 Å². The van der Waals surface area contributed by atoms with Crippen molar-refractivity contribution >= 4 is 23.2 Å². The average Bonchev–Trinajstić information content (AvgIpc) is 2.86. The Labute approximate surface area is 209 Å². The SMILES string of the molecule is CC(C)Oc1ccc(/C=C(/C(=O)Nc2ccc(CN3CCN(C)CC3)cc2)c2ccccc2)cc1. The first-order valence-corrected chi connectivity index (χ1v) is 12.3. The molecular weight excluding hydrogens is 434 g/mol. The van der Waals surface area contributed by atoms with Crippen molar-refractivity contribution < 1.29 is 9.53 Å². The van der Waals surface area contributed by atoms with E-state index in [9.17, 15) is 4.79 Å². The van der Waals surface area contributed by atoms with E-state index < -0.39 is 0 Å². The molecule has 0 unspecified atom stereocenters. The smallest absolute Gasteiger partial charge is 0.256 e. The van der Waals surface area contributed by atoms with E-state index in [0.29, 0.717) is 5.57 Å². The lowest BCUT2D eigenvalue weighted by Crippen LogP contribution is -2.43. The molecule has 3 aromatic carbocycles. The molecule has 0 saturated carbocycles. The van der Waals surface area contributed by atoms with E-state index in [4.69, 9.17) is 4.74 Å². The molecule has 0 bridgehead atoms. The Hall–Kier alpha value is -3.41. The van der Waals surface area contributed by atoms with Crippen molar-refractivity contribution in [2.75, 3.05) is 38.5 Å². The van der Waals surface area contributed by atoms with E-state index in [1.165, 1.54) is 5.56 Å². The van der Waals surface area contributed by atoms with Gasteiger partial charge in [-0.25, -0.2) is 0 Å². The average molecular weight is 470 g/mol. The molecule has 1 aliphatic heterocycles. The summed E-state index contributed by atoms with van der Waals surface area (Å²) in [5.74, 6) is 0.685. The van der Waals surface area contributed by atoms with Gasteiger partial charge in [0.05, 0.1) is 6.10 Å². The molecule has 1 amide bonds. The first kappa shape index (κ1) is 24.7. The van der Waals surface area contributed by atoms with Crippen LogP contribution in [-0.2, 0) is 11.3 Å². The largest absolute Gasteiger partial charge is 0.491 e. The van der Waals surface area contributed by atoms with Gasteiger partial charge in [0.25, 0.3) is 5.91 Å². The Morgan fingerprint density at radius 3 is 2.20 bits per heavy atom. The fourth-order valence-electron chi connectivity index (χ4n) is 4.14. The minimum absolute atomic E-state index is 0.120. The number of rotatable bonds is 8. The van der Waals surface area contributed by atoms with E-state index in [2.05, 4.69) is 34.3 Å². The van der Waals surface area contributed by atoms with Gasteiger partial charge in [0.15, 0.2) is 0 Å². The number of ether oxygens (including phenoxy) is 1. The van der Waals surface area contributed by atoms with Crippen LogP contribution >= 0.6 is 0 Å². The lowest BCUT2D eigenvalue weighted by Gasteiger charge is -2.32. The van der Waals surface area contributed by atoms with Crippen LogP contribution in [0.2, 0.25) is 0 Å². The zero-order valence-electron chi connectivity index (χ0n) is 20.9. The summed E-state index contributed by atoms with van der Waals surface area (Å²) in [6.45, 7) is 9.34. The molecule has 0 aromatic heterocycles. The Balaban J connectivity index is 1.47. The van der Waals surface area contributed by atoms with Gasteiger partial charge in [0.2, 0.25) is 0 Å².